The second-order valence-electron chi connectivity index (χ2n) is 6.81. The number of likely N-dealkylation sites (tertiary alicyclic amines) is 1. The van der Waals surface area contributed by atoms with Gasteiger partial charge in [0, 0.05) is 45.1 Å². The maximum Gasteiger partial charge on any atom is 0.221 e. The molecule has 26 heavy (non-hydrogen) atoms. The van der Waals surface area contributed by atoms with Gasteiger partial charge in [-0.05, 0) is 37.5 Å². The van der Waals surface area contributed by atoms with Crippen molar-refractivity contribution in [2.75, 3.05) is 33.8 Å². The molecule has 0 spiro atoms. The van der Waals surface area contributed by atoms with Gasteiger partial charge in [-0.3, -0.25) is 9.79 Å². The minimum Gasteiger partial charge on any atom is -0.497 e. The number of guanidine groups is 1. The summed E-state index contributed by atoms with van der Waals surface area (Å²) in [7, 11) is 3.48. The van der Waals surface area contributed by atoms with Gasteiger partial charge in [0.25, 0.3) is 0 Å². The van der Waals surface area contributed by atoms with Gasteiger partial charge in [-0.2, -0.15) is 0 Å². The van der Waals surface area contributed by atoms with Gasteiger partial charge < -0.3 is 20.3 Å². The van der Waals surface area contributed by atoms with E-state index in [-0.39, 0.29) is 11.9 Å². The van der Waals surface area contributed by atoms with Gasteiger partial charge >= 0.3 is 0 Å². The first kappa shape index (κ1) is 20.1. The van der Waals surface area contributed by atoms with Gasteiger partial charge in [0.15, 0.2) is 5.96 Å². The first-order valence-electron chi connectivity index (χ1n) is 9.46. The first-order chi connectivity index (χ1) is 12.6. The van der Waals surface area contributed by atoms with Crippen LogP contribution in [0.5, 0.6) is 5.75 Å². The van der Waals surface area contributed by atoms with Gasteiger partial charge in [0.05, 0.1) is 7.11 Å². The van der Waals surface area contributed by atoms with Crippen LogP contribution >= 0.6 is 0 Å². The Morgan fingerprint density at radius 3 is 2.73 bits per heavy atom. The molecule has 1 aromatic rings. The minimum atomic E-state index is 0.0832. The van der Waals surface area contributed by atoms with Crippen LogP contribution in [0.4, 0.5) is 0 Å². The third-order valence-electron chi connectivity index (χ3n) is 4.94. The number of nitrogens with zero attached hydrogens (tertiary/aromatic N) is 2. The summed E-state index contributed by atoms with van der Waals surface area (Å²) in [6.45, 7) is 6.59. The predicted octanol–water partition coefficient (Wildman–Crippen LogP) is 2.36. The summed E-state index contributed by atoms with van der Waals surface area (Å²) >= 11 is 0. The van der Waals surface area contributed by atoms with Gasteiger partial charge in [-0.15, -0.1) is 0 Å². The van der Waals surface area contributed by atoms with E-state index in [0.29, 0.717) is 18.9 Å². The molecule has 2 unspecified atom stereocenters. The lowest BCUT2D eigenvalue weighted by molar-refractivity contribution is -0.121. The molecule has 1 aliphatic rings. The average molecular weight is 361 g/mol. The number of aliphatic imine (C=N–C) groups is 1. The summed E-state index contributed by atoms with van der Waals surface area (Å²) in [5, 5.41) is 6.30. The standard InChI is InChI=1S/C20H32N4O2/c1-5-15(2)23-19(25)10-12-22-20(21-3)24-13-11-17(14-24)16-6-8-18(26-4)9-7-16/h6-9,15,17H,5,10-14H2,1-4H3,(H,21,22)(H,23,25). The van der Waals surface area contributed by atoms with Crippen LogP contribution in [-0.2, 0) is 4.79 Å². The molecule has 0 aromatic heterocycles. The van der Waals surface area contributed by atoms with E-state index in [1.165, 1.54) is 5.56 Å². The lowest BCUT2D eigenvalue weighted by atomic mass is 9.98. The highest BCUT2D eigenvalue weighted by Gasteiger charge is 2.26. The molecule has 6 heteroatoms. The lowest BCUT2D eigenvalue weighted by Gasteiger charge is -2.22. The number of hydrogen-bond donors (Lipinski definition) is 2. The summed E-state index contributed by atoms with van der Waals surface area (Å²) in [4.78, 5) is 18.5. The topological polar surface area (TPSA) is 66.0 Å². The number of carbonyl (C=O) groups is 1. The molecule has 1 heterocycles. The summed E-state index contributed by atoms with van der Waals surface area (Å²) in [6, 6.07) is 8.54. The Hall–Kier alpha value is -2.24. The normalized spacial score (nSPS) is 18.5. The van der Waals surface area contributed by atoms with Crippen molar-refractivity contribution >= 4 is 11.9 Å². The van der Waals surface area contributed by atoms with Crippen LogP contribution in [0.1, 0.15) is 44.6 Å². The van der Waals surface area contributed by atoms with Gasteiger partial charge in [0.2, 0.25) is 5.91 Å². The van der Waals surface area contributed by atoms with Crippen molar-refractivity contribution in [2.24, 2.45) is 4.99 Å². The zero-order valence-corrected chi connectivity index (χ0v) is 16.4. The first-order valence-corrected chi connectivity index (χ1v) is 9.46. The van der Waals surface area contributed by atoms with Crippen molar-refractivity contribution in [2.45, 2.75) is 45.1 Å². The van der Waals surface area contributed by atoms with Crippen molar-refractivity contribution in [1.29, 1.82) is 0 Å². The molecule has 2 atom stereocenters. The summed E-state index contributed by atoms with van der Waals surface area (Å²) < 4.78 is 5.23. The van der Waals surface area contributed by atoms with Crippen molar-refractivity contribution in [3.05, 3.63) is 29.8 Å². The molecule has 6 nitrogen and oxygen atoms in total. The molecule has 1 amide bonds. The highest BCUT2D eigenvalue weighted by atomic mass is 16.5. The third-order valence-corrected chi connectivity index (χ3v) is 4.94. The van der Waals surface area contributed by atoms with E-state index in [2.05, 4.69) is 39.6 Å². The van der Waals surface area contributed by atoms with Crippen molar-refractivity contribution in [1.82, 2.24) is 15.5 Å². The van der Waals surface area contributed by atoms with Gasteiger partial charge in [-0.25, -0.2) is 0 Å². The highest BCUT2D eigenvalue weighted by Crippen LogP contribution is 2.28. The van der Waals surface area contributed by atoms with Crippen molar-refractivity contribution in [3.8, 4) is 5.75 Å². The molecule has 0 aliphatic carbocycles. The SMILES string of the molecule is CCC(C)NC(=O)CCNC(=NC)N1CCC(c2ccc(OC)cc2)C1. The third kappa shape index (κ3) is 5.64. The van der Waals surface area contributed by atoms with E-state index in [1.54, 1.807) is 14.2 Å². The largest absolute Gasteiger partial charge is 0.497 e. The van der Waals surface area contributed by atoms with E-state index < -0.39 is 0 Å². The molecule has 144 valence electrons. The van der Waals surface area contributed by atoms with Crippen LogP contribution in [-0.4, -0.2) is 56.6 Å². The summed E-state index contributed by atoms with van der Waals surface area (Å²) in [5.74, 6) is 2.34. The highest BCUT2D eigenvalue weighted by molar-refractivity contribution is 5.81. The molecule has 0 saturated carbocycles. The van der Waals surface area contributed by atoms with Crippen LogP contribution in [0.2, 0.25) is 0 Å². The Bertz CT molecular complexity index is 600. The molecule has 0 radical (unpaired) electrons. The average Bonchev–Trinajstić information content (AvgIpc) is 3.15. The summed E-state index contributed by atoms with van der Waals surface area (Å²) in [6.07, 6.45) is 2.50. The number of nitrogens with one attached hydrogen (secondary N) is 2. The molecular weight excluding hydrogens is 328 g/mol. The van der Waals surface area contributed by atoms with Crippen LogP contribution in [0.3, 0.4) is 0 Å². The zero-order valence-electron chi connectivity index (χ0n) is 16.4. The molecule has 1 fully saturated rings. The minimum absolute atomic E-state index is 0.0832. The van der Waals surface area contributed by atoms with E-state index in [0.717, 1.165) is 37.6 Å². The number of rotatable bonds is 7. The second-order valence-corrected chi connectivity index (χ2v) is 6.81. The van der Waals surface area contributed by atoms with E-state index in [9.17, 15) is 4.79 Å². The van der Waals surface area contributed by atoms with Crippen molar-refractivity contribution < 1.29 is 9.53 Å². The number of benzene rings is 1. The molecule has 0 bridgehead atoms. The monoisotopic (exact) mass is 360 g/mol. The van der Waals surface area contributed by atoms with Crippen LogP contribution in [0.15, 0.2) is 29.3 Å². The van der Waals surface area contributed by atoms with Crippen LogP contribution in [0, 0.1) is 0 Å². The Morgan fingerprint density at radius 1 is 1.38 bits per heavy atom. The number of amides is 1. The predicted molar refractivity (Wildman–Crippen MR) is 106 cm³/mol. The maximum atomic E-state index is 11.9. The fourth-order valence-corrected chi connectivity index (χ4v) is 3.17. The second kappa shape index (κ2) is 10.0. The Balaban J connectivity index is 1.80. The van der Waals surface area contributed by atoms with Gasteiger partial charge in [-0.1, -0.05) is 19.1 Å². The van der Waals surface area contributed by atoms with E-state index >= 15 is 0 Å². The van der Waals surface area contributed by atoms with E-state index in [4.69, 9.17) is 4.74 Å². The molecule has 2 rings (SSSR count). The number of ether oxygens (including phenoxy) is 1. The smallest absolute Gasteiger partial charge is 0.221 e. The molecule has 1 saturated heterocycles. The van der Waals surface area contributed by atoms with Crippen molar-refractivity contribution in [3.63, 3.8) is 0 Å². The quantitative estimate of drug-likeness (QED) is 0.579. The Kier molecular flexibility index (Phi) is 7.75. The fourth-order valence-electron chi connectivity index (χ4n) is 3.17. The Labute approximate surface area is 157 Å². The molecule has 2 N–H and O–H groups in total. The number of carbonyl (C=O) groups excluding carboxylic acids is 1. The molecule has 1 aliphatic heterocycles. The summed E-state index contributed by atoms with van der Waals surface area (Å²) in [5.41, 5.74) is 1.33. The maximum absolute atomic E-state index is 11.9. The van der Waals surface area contributed by atoms with Gasteiger partial charge in [0.1, 0.15) is 5.75 Å². The Morgan fingerprint density at radius 2 is 2.12 bits per heavy atom. The van der Waals surface area contributed by atoms with Crippen LogP contribution < -0.4 is 15.4 Å². The molecule has 1 aromatic carbocycles. The molecular formula is C20H32N4O2. The number of methoxy groups -OCH3 is 1. The zero-order chi connectivity index (χ0) is 18.9. The van der Waals surface area contributed by atoms with Crippen LogP contribution in [0.25, 0.3) is 0 Å². The number of hydrogen-bond acceptors (Lipinski definition) is 3. The lowest BCUT2D eigenvalue weighted by Crippen LogP contribution is -2.42. The van der Waals surface area contributed by atoms with E-state index in [1.807, 2.05) is 19.1 Å². The fraction of sp³-hybridized carbons (Fsp3) is 0.600.